The molecule has 0 amide bonds. The number of carbonyl (C=O) groups is 1. The second-order valence-electron chi connectivity index (χ2n) is 4.92. The summed E-state index contributed by atoms with van der Waals surface area (Å²) >= 11 is 0. The highest BCUT2D eigenvalue weighted by Gasteiger charge is 2.09. The van der Waals surface area contributed by atoms with E-state index >= 15 is 0 Å². The van der Waals surface area contributed by atoms with Gasteiger partial charge in [-0.2, -0.15) is 5.10 Å². The summed E-state index contributed by atoms with van der Waals surface area (Å²) in [6.07, 6.45) is 4.61. The molecular formula is C15H18N2O2. The van der Waals surface area contributed by atoms with Gasteiger partial charge < -0.3 is 4.74 Å². The van der Waals surface area contributed by atoms with Gasteiger partial charge in [-0.25, -0.2) is 0 Å². The molecule has 0 aliphatic heterocycles. The third-order valence-corrected chi connectivity index (χ3v) is 2.86. The fraction of sp³-hybridized carbons (Fsp3) is 0.333. The number of rotatable bonds is 5. The Hall–Kier alpha value is -2.10. The van der Waals surface area contributed by atoms with E-state index in [1.807, 2.05) is 16.9 Å². The highest BCUT2D eigenvalue weighted by atomic mass is 16.5. The quantitative estimate of drug-likeness (QED) is 0.774. The molecule has 4 heteroatoms. The minimum absolute atomic E-state index is 0.538. The fourth-order valence-electron chi connectivity index (χ4n) is 2.00. The SMILES string of the molecule is COc1ccc(C=O)cc1-c1cnn(CC(C)C)c1. The van der Waals surface area contributed by atoms with Gasteiger partial charge in [-0.15, -0.1) is 0 Å². The number of carbonyl (C=O) groups excluding carboxylic acids is 1. The molecule has 0 radical (unpaired) electrons. The van der Waals surface area contributed by atoms with Crippen LogP contribution in [0.15, 0.2) is 30.6 Å². The van der Waals surface area contributed by atoms with E-state index in [1.165, 1.54) is 0 Å². The number of ether oxygens (including phenoxy) is 1. The molecule has 0 bridgehead atoms. The first-order valence-corrected chi connectivity index (χ1v) is 6.30. The van der Waals surface area contributed by atoms with Gasteiger partial charge in [0, 0.05) is 29.4 Å². The summed E-state index contributed by atoms with van der Waals surface area (Å²) < 4.78 is 7.25. The molecule has 0 spiro atoms. The van der Waals surface area contributed by atoms with Crippen LogP contribution in [0.3, 0.4) is 0 Å². The van der Waals surface area contributed by atoms with Crippen LogP contribution in [0.4, 0.5) is 0 Å². The normalized spacial score (nSPS) is 10.7. The van der Waals surface area contributed by atoms with Crippen LogP contribution in [0.2, 0.25) is 0 Å². The molecule has 1 aromatic carbocycles. The van der Waals surface area contributed by atoms with Crippen LogP contribution >= 0.6 is 0 Å². The van der Waals surface area contributed by atoms with Gasteiger partial charge in [-0.3, -0.25) is 9.48 Å². The molecule has 4 nitrogen and oxygen atoms in total. The van der Waals surface area contributed by atoms with E-state index in [9.17, 15) is 4.79 Å². The van der Waals surface area contributed by atoms with E-state index in [0.717, 1.165) is 29.7 Å². The number of aromatic nitrogens is 2. The summed E-state index contributed by atoms with van der Waals surface area (Å²) in [6.45, 7) is 5.17. The van der Waals surface area contributed by atoms with Crippen LogP contribution in [0, 0.1) is 5.92 Å². The minimum Gasteiger partial charge on any atom is -0.496 e. The summed E-state index contributed by atoms with van der Waals surface area (Å²) in [6, 6.07) is 5.37. The first kappa shape index (κ1) is 13.3. The van der Waals surface area contributed by atoms with Crippen molar-refractivity contribution >= 4 is 6.29 Å². The molecule has 0 aliphatic rings. The van der Waals surface area contributed by atoms with Crippen LogP contribution in [0.25, 0.3) is 11.1 Å². The van der Waals surface area contributed by atoms with Gasteiger partial charge in [-0.1, -0.05) is 13.8 Å². The van der Waals surface area contributed by atoms with E-state index in [0.29, 0.717) is 11.5 Å². The predicted octanol–water partition coefficient (Wildman–Crippen LogP) is 3.03. The molecule has 0 unspecified atom stereocenters. The Balaban J connectivity index is 2.39. The number of hydrogen-bond acceptors (Lipinski definition) is 3. The first-order valence-electron chi connectivity index (χ1n) is 6.30. The predicted molar refractivity (Wildman–Crippen MR) is 74.4 cm³/mol. The van der Waals surface area contributed by atoms with Crippen molar-refractivity contribution in [1.82, 2.24) is 9.78 Å². The molecule has 0 saturated carbocycles. The Morgan fingerprint density at radius 3 is 2.84 bits per heavy atom. The number of aldehydes is 1. The Bertz CT molecular complexity index is 573. The van der Waals surface area contributed by atoms with Crippen molar-refractivity contribution < 1.29 is 9.53 Å². The summed E-state index contributed by atoms with van der Waals surface area (Å²) in [5.41, 5.74) is 2.48. The third kappa shape index (κ3) is 3.02. The van der Waals surface area contributed by atoms with Gasteiger partial charge >= 0.3 is 0 Å². The molecule has 19 heavy (non-hydrogen) atoms. The van der Waals surface area contributed by atoms with Gasteiger partial charge in [0.1, 0.15) is 12.0 Å². The van der Waals surface area contributed by atoms with Crippen LogP contribution in [0.5, 0.6) is 5.75 Å². The minimum atomic E-state index is 0.538. The largest absolute Gasteiger partial charge is 0.496 e. The van der Waals surface area contributed by atoms with E-state index in [-0.39, 0.29) is 0 Å². The van der Waals surface area contributed by atoms with Crippen molar-refractivity contribution in [1.29, 1.82) is 0 Å². The maximum atomic E-state index is 10.9. The van der Waals surface area contributed by atoms with E-state index in [4.69, 9.17) is 4.74 Å². The van der Waals surface area contributed by atoms with Crippen LogP contribution < -0.4 is 4.74 Å². The summed E-state index contributed by atoms with van der Waals surface area (Å²) in [5.74, 6) is 1.28. The van der Waals surface area contributed by atoms with Crippen LogP contribution in [0.1, 0.15) is 24.2 Å². The summed E-state index contributed by atoms with van der Waals surface area (Å²) in [4.78, 5) is 10.9. The fourth-order valence-corrected chi connectivity index (χ4v) is 2.00. The molecule has 0 atom stereocenters. The standard InChI is InChI=1S/C15H18N2O2/c1-11(2)8-17-9-13(7-16-17)14-6-12(10-18)4-5-15(14)19-3/h4-7,9-11H,8H2,1-3H3. The maximum Gasteiger partial charge on any atom is 0.150 e. The van der Waals surface area contributed by atoms with E-state index in [1.54, 1.807) is 25.4 Å². The zero-order chi connectivity index (χ0) is 13.8. The van der Waals surface area contributed by atoms with Crippen molar-refractivity contribution in [3.05, 3.63) is 36.2 Å². The second kappa shape index (κ2) is 5.69. The zero-order valence-electron chi connectivity index (χ0n) is 11.5. The van der Waals surface area contributed by atoms with Gasteiger partial charge in [0.2, 0.25) is 0 Å². The Morgan fingerprint density at radius 1 is 1.42 bits per heavy atom. The molecular weight excluding hydrogens is 240 g/mol. The molecule has 100 valence electrons. The van der Waals surface area contributed by atoms with E-state index < -0.39 is 0 Å². The van der Waals surface area contributed by atoms with Crippen molar-refractivity contribution in [2.75, 3.05) is 7.11 Å². The van der Waals surface area contributed by atoms with Crippen molar-refractivity contribution in [3.8, 4) is 16.9 Å². The average Bonchev–Trinajstić information content (AvgIpc) is 2.85. The lowest BCUT2D eigenvalue weighted by Gasteiger charge is -2.07. The highest BCUT2D eigenvalue weighted by molar-refractivity contribution is 5.81. The van der Waals surface area contributed by atoms with E-state index in [2.05, 4.69) is 18.9 Å². The molecule has 2 rings (SSSR count). The molecule has 0 fully saturated rings. The van der Waals surface area contributed by atoms with Crippen LogP contribution in [-0.2, 0) is 6.54 Å². The number of methoxy groups -OCH3 is 1. The van der Waals surface area contributed by atoms with Gasteiger partial charge in [0.15, 0.2) is 0 Å². The van der Waals surface area contributed by atoms with Crippen molar-refractivity contribution in [2.24, 2.45) is 5.92 Å². The molecule has 0 saturated heterocycles. The number of nitrogens with zero attached hydrogens (tertiary/aromatic N) is 2. The van der Waals surface area contributed by atoms with Crippen molar-refractivity contribution in [3.63, 3.8) is 0 Å². The van der Waals surface area contributed by atoms with Gasteiger partial charge in [0.25, 0.3) is 0 Å². The lowest BCUT2D eigenvalue weighted by Crippen LogP contribution is -2.04. The molecule has 0 N–H and O–H groups in total. The second-order valence-corrected chi connectivity index (χ2v) is 4.92. The molecule has 1 heterocycles. The lowest BCUT2D eigenvalue weighted by molar-refractivity contribution is 0.112. The van der Waals surface area contributed by atoms with Crippen LogP contribution in [-0.4, -0.2) is 23.2 Å². The van der Waals surface area contributed by atoms with Gasteiger partial charge in [0.05, 0.1) is 13.3 Å². The number of benzene rings is 1. The van der Waals surface area contributed by atoms with Crippen molar-refractivity contribution in [2.45, 2.75) is 20.4 Å². The summed E-state index contributed by atoms with van der Waals surface area (Å²) in [7, 11) is 1.62. The Kier molecular flexibility index (Phi) is 4.00. The highest BCUT2D eigenvalue weighted by Crippen LogP contribution is 2.30. The zero-order valence-corrected chi connectivity index (χ0v) is 11.5. The first-order chi connectivity index (χ1) is 9.13. The van der Waals surface area contributed by atoms with Gasteiger partial charge in [-0.05, 0) is 24.1 Å². The topological polar surface area (TPSA) is 44.1 Å². The maximum absolute atomic E-state index is 10.9. The molecule has 1 aromatic heterocycles. The molecule has 0 aliphatic carbocycles. The smallest absolute Gasteiger partial charge is 0.150 e. The summed E-state index contributed by atoms with van der Waals surface area (Å²) in [5, 5.41) is 4.34. The Labute approximate surface area is 113 Å². The Morgan fingerprint density at radius 2 is 2.21 bits per heavy atom. The average molecular weight is 258 g/mol. The lowest BCUT2D eigenvalue weighted by atomic mass is 10.1. The monoisotopic (exact) mass is 258 g/mol. The third-order valence-electron chi connectivity index (χ3n) is 2.86. The molecule has 2 aromatic rings. The number of hydrogen-bond donors (Lipinski definition) is 0.